The maximum atomic E-state index is 6.14. The first-order valence-electron chi connectivity index (χ1n) is 7.87. The van der Waals surface area contributed by atoms with E-state index in [1.165, 1.54) is 0 Å². The predicted octanol–water partition coefficient (Wildman–Crippen LogP) is 6.14. The summed E-state index contributed by atoms with van der Waals surface area (Å²) < 4.78 is 11.6. The highest BCUT2D eigenvalue weighted by atomic mass is 35.5. The molecule has 4 rings (SSSR count). The molecule has 3 nitrogen and oxygen atoms in total. The molecule has 3 aromatic carbocycles. The number of nitrogens with one attached hydrogen (secondary N) is 1. The van der Waals surface area contributed by atoms with E-state index in [9.17, 15) is 0 Å². The minimum absolute atomic E-state index is 0.475. The van der Waals surface area contributed by atoms with Crippen LogP contribution in [0.1, 0.15) is 5.56 Å². The highest BCUT2D eigenvalue weighted by Crippen LogP contribution is 2.51. The molecule has 126 valence electrons. The number of halogens is 1. The van der Waals surface area contributed by atoms with Crippen molar-refractivity contribution in [1.82, 2.24) is 0 Å². The lowest BCUT2D eigenvalue weighted by atomic mass is 10.2. The van der Waals surface area contributed by atoms with Crippen LogP contribution in [0.2, 0.25) is 5.02 Å². The fourth-order valence-electron chi connectivity index (χ4n) is 2.72. The minimum atomic E-state index is 0.475. The molecule has 1 aliphatic rings. The van der Waals surface area contributed by atoms with Gasteiger partial charge in [0.05, 0.1) is 18.5 Å². The van der Waals surface area contributed by atoms with Crippen LogP contribution in [0.5, 0.6) is 11.5 Å². The van der Waals surface area contributed by atoms with Crippen LogP contribution in [0.4, 0.5) is 11.4 Å². The summed E-state index contributed by atoms with van der Waals surface area (Å²) in [5.41, 5.74) is 2.99. The number of methoxy groups -OCH3 is 1. The highest BCUT2D eigenvalue weighted by Gasteiger charge is 2.22. The maximum Gasteiger partial charge on any atom is 0.186 e. The Labute approximate surface area is 155 Å². The van der Waals surface area contributed by atoms with E-state index >= 15 is 0 Å². The van der Waals surface area contributed by atoms with Gasteiger partial charge in [0.25, 0.3) is 0 Å². The Morgan fingerprint density at radius 3 is 2.60 bits per heavy atom. The first-order valence-corrected chi connectivity index (χ1v) is 9.06. The van der Waals surface area contributed by atoms with E-state index in [-0.39, 0.29) is 0 Å². The zero-order valence-electron chi connectivity index (χ0n) is 13.6. The van der Waals surface area contributed by atoms with E-state index in [1.807, 2.05) is 60.7 Å². The number of ether oxygens (including phenoxy) is 2. The van der Waals surface area contributed by atoms with Crippen molar-refractivity contribution in [3.05, 3.63) is 71.2 Å². The lowest BCUT2D eigenvalue weighted by Crippen LogP contribution is -2.05. The number of benzene rings is 3. The Morgan fingerprint density at radius 1 is 1.00 bits per heavy atom. The molecule has 0 bridgehead atoms. The van der Waals surface area contributed by atoms with Crippen LogP contribution in [0.3, 0.4) is 0 Å². The van der Waals surface area contributed by atoms with Crippen LogP contribution in [-0.4, -0.2) is 7.11 Å². The summed E-state index contributed by atoms with van der Waals surface area (Å²) in [6.45, 7) is 0.475. The summed E-state index contributed by atoms with van der Waals surface area (Å²) in [4.78, 5) is 2.23. The van der Waals surface area contributed by atoms with Crippen molar-refractivity contribution >= 4 is 34.7 Å². The zero-order valence-corrected chi connectivity index (χ0v) is 15.2. The summed E-state index contributed by atoms with van der Waals surface area (Å²) in [6, 6.07) is 19.9. The summed E-state index contributed by atoms with van der Waals surface area (Å²) in [6.07, 6.45) is 0. The summed E-state index contributed by atoms with van der Waals surface area (Å²) in [5, 5.41) is 4.15. The largest absolute Gasteiger partial charge is 0.493 e. The van der Waals surface area contributed by atoms with Crippen LogP contribution < -0.4 is 14.8 Å². The average molecular weight is 370 g/mol. The van der Waals surface area contributed by atoms with Crippen LogP contribution in [0.15, 0.2) is 70.5 Å². The summed E-state index contributed by atoms with van der Waals surface area (Å²) >= 11 is 7.83. The maximum absolute atomic E-state index is 6.14. The van der Waals surface area contributed by atoms with Gasteiger partial charge in [-0.15, -0.1) is 0 Å². The molecule has 1 N–H and O–H groups in total. The minimum Gasteiger partial charge on any atom is -0.493 e. The van der Waals surface area contributed by atoms with Crippen molar-refractivity contribution in [2.24, 2.45) is 0 Å². The fraction of sp³-hybridized carbons (Fsp3) is 0.100. The molecule has 0 aromatic heterocycles. The Morgan fingerprint density at radius 2 is 1.80 bits per heavy atom. The van der Waals surface area contributed by atoms with Crippen molar-refractivity contribution in [1.29, 1.82) is 0 Å². The molecule has 0 amide bonds. The molecule has 0 unspecified atom stereocenters. The third kappa shape index (κ3) is 3.28. The molecule has 0 fully saturated rings. The van der Waals surface area contributed by atoms with E-state index in [0.717, 1.165) is 26.7 Å². The molecule has 0 radical (unpaired) electrons. The monoisotopic (exact) mass is 369 g/mol. The second-order valence-electron chi connectivity index (χ2n) is 5.61. The number of hydrogen-bond donors (Lipinski definition) is 1. The van der Waals surface area contributed by atoms with Gasteiger partial charge < -0.3 is 14.8 Å². The third-order valence-electron chi connectivity index (χ3n) is 3.95. The fourth-order valence-corrected chi connectivity index (χ4v) is 3.87. The molecule has 0 aliphatic carbocycles. The van der Waals surface area contributed by atoms with Gasteiger partial charge in [0.2, 0.25) is 0 Å². The van der Waals surface area contributed by atoms with Crippen molar-refractivity contribution in [3.8, 4) is 11.5 Å². The second kappa shape index (κ2) is 6.90. The van der Waals surface area contributed by atoms with Crippen molar-refractivity contribution in [3.63, 3.8) is 0 Å². The molecule has 0 atom stereocenters. The first kappa shape index (κ1) is 16.2. The van der Waals surface area contributed by atoms with Gasteiger partial charge in [0, 0.05) is 14.8 Å². The van der Waals surface area contributed by atoms with Crippen LogP contribution in [0.25, 0.3) is 0 Å². The highest BCUT2D eigenvalue weighted by molar-refractivity contribution is 7.99. The number of anilines is 2. The van der Waals surface area contributed by atoms with E-state index in [1.54, 1.807) is 18.9 Å². The molecule has 1 heterocycles. The van der Waals surface area contributed by atoms with Gasteiger partial charge in [0.1, 0.15) is 6.61 Å². The summed E-state index contributed by atoms with van der Waals surface area (Å²) in [5.74, 6) is 1.41. The third-order valence-corrected chi connectivity index (χ3v) is 5.32. The molecular weight excluding hydrogens is 354 g/mol. The first-order chi connectivity index (χ1) is 12.2. The van der Waals surface area contributed by atoms with Crippen LogP contribution in [-0.2, 0) is 6.61 Å². The molecule has 0 saturated carbocycles. The normalized spacial score (nSPS) is 11.9. The van der Waals surface area contributed by atoms with Crippen LogP contribution >= 0.6 is 23.4 Å². The van der Waals surface area contributed by atoms with Gasteiger partial charge in [-0.1, -0.05) is 53.7 Å². The zero-order chi connectivity index (χ0) is 17.2. The van der Waals surface area contributed by atoms with E-state index in [0.29, 0.717) is 23.1 Å². The van der Waals surface area contributed by atoms with Crippen molar-refractivity contribution in [2.75, 3.05) is 12.4 Å². The van der Waals surface area contributed by atoms with Gasteiger partial charge in [-0.05, 0) is 35.9 Å². The van der Waals surface area contributed by atoms with Gasteiger partial charge in [-0.2, -0.15) is 0 Å². The molecule has 3 aromatic rings. The van der Waals surface area contributed by atoms with Gasteiger partial charge in [0.15, 0.2) is 11.5 Å². The second-order valence-corrected chi connectivity index (χ2v) is 7.13. The molecule has 0 saturated heterocycles. The van der Waals surface area contributed by atoms with Crippen LogP contribution in [0, 0.1) is 0 Å². The summed E-state index contributed by atoms with van der Waals surface area (Å²) in [7, 11) is 1.65. The number of rotatable bonds is 4. The molecule has 1 aliphatic heterocycles. The van der Waals surface area contributed by atoms with Gasteiger partial charge >= 0.3 is 0 Å². The van der Waals surface area contributed by atoms with E-state index in [4.69, 9.17) is 21.1 Å². The molecule has 25 heavy (non-hydrogen) atoms. The van der Waals surface area contributed by atoms with Gasteiger partial charge in [-0.25, -0.2) is 0 Å². The molecule has 0 spiro atoms. The Bertz CT molecular complexity index is 915. The van der Waals surface area contributed by atoms with E-state index < -0.39 is 0 Å². The average Bonchev–Trinajstić information content (AvgIpc) is 2.65. The molecule has 5 heteroatoms. The number of fused-ring (bicyclic) bond motifs is 2. The Kier molecular flexibility index (Phi) is 4.47. The smallest absolute Gasteiger partial charge is 0.186 e. The Balaban J connectivity index is 1.69. The lowest BCUT2D eigenvalue weighted by molar-refractivity contribution is 0.285. The standard InChI is InChI=1S/C20H16ClNO2S/c1-23-16-8-10-18-19(20(16)24-12-13-5-3-2-4-6-13)22-15-11-14(21)7-9-17(15)25-18/h2-11,22H,12H2,1H3. The van der Waals surface area contributed by atoms with Crippen molar-refractivity contribution < 1.29 is 9.47 Å². The Hall–Kier alpha value is -2.30. The predicted molar refractivity (Wildman–Crippen MR) is 103 cm³/mol. The lowest BCUT2D eigenvalue weighted by Gasteiger charge is -2.24. The SMILES string of the molecule is COc1ccc2c(c1OCc1ccccc1)Nc1cc(Cl)ccc1S2. The number of hydrogen-bond acceptors (Lipinski definition) is 4. The van der Waals surface area contributed by atoms with Crippen molar-refractivity contribution in [2.45, 2.75) is 16.4 Å². The van der Waals surface area contributed by atoms with Gasteiger partial charge in [-0.3, -0.25) is 0 Å². The van der Waals surface area contributed by atoms with E-state index in [2.05, 4.69) is 5.32 Å². The molecular formula is C20H16ClNO2S. The topological polar surface area (TPSA) is 30.5 Å². The quantitative estimate of drug-likeness (QED) is 0.468.